The van der Waals surface area contributed by atoms with E-state index in [1.165, 1.54) is 25.7 Å². The number of nitrogens with zero attached hydrogens (tertiary/aromatic N) is 5. The summed E-state index contributed by atoms with van der Waals surface area (Å²) in [6.45, 7) is 1.38. The second-order valence-electron chi connectivity index (χ2n) is 5.40. The van der Waals surface area contributed by atoms with Crippen LogP contribution in [0.2, 0.25) is 0 Å². The minimum Gasteiger partial charge on any atom is -0.339 e. The molecule has 1 saturated carbocycles. The molecule has 2 aromatic heterocycles. The molecule has 0 atom stereocenters. The quantitative estimate of drug-likeness (QED) is 0.831. The van der Waals surface area contributed by atoms with Crippen LogP contribution in [0, 0.1) is 0 Å². The maximum absolute atomic E-state index is 5.38. The summed E-state index contributed by atoms with van der Waals surface area (Å²) in [7, 11) is 2.01. The molecule has 0 saturated heterocycles. The number of hydrogen-bond donors (Lipinski definition) is 0. The summed E-state index contributed by atoms with van der Waals surface area (Å²) >= 11 is 0. The molecule has 106 valence electrons. The van der Waals surface area contributed by atoms with Gasteiger partial charge in [0.25, 0.3) is 0 Å². The lowest BCUT2D eigenvalue weighted by Crippen LogP contribution is -2.18. The third-order valence-corrected chi connectivity index (χ3v) is 3.65. The molecule has 1 fully saturated rings. The molecule has 1 aliphatic carbocycles. The fourth-order valence-electron chi connectivity index (χ4n) is 2.66. The molecule has 0 unspecified atom stereocenters. The molecule has 0 aliphatic heterocycles. The lowest BCUT2D eigenvalue weighted by molar-refractivity contribution is 0.294. The van der Waals surface area contributed by atoms with Crippen molar-refractivity contribution in [1.29, 1.82) is 0 Å². The van der Waals surface area contributed by atoms with E-state index in [0.717, 1.165) is 24.0 Å². The van der Waals surface area contributed by atoms with E-state index in [9.17, 15) is 0 Å². The Balaban J connectivity index is 1.57. The third-order valence-electron chi connectivity index (χ3n) is 3.65. The highest BCUT2D eigenvalue weighted by Crippen LogP contribution is 2.32. The van der Waals surface area contributed by atoms with E-state index < -0.39 is 0 Å². The van der Waals surface area contributed by atoms with Crippen molar-refractivity contribution in [2.24, 2.45) is 0 Å². The first-order chi connectivity index (χ1) is 9.81. The molecule has 2 heterocycles. The molecule has 3 rings (SSSR count). The van der Waals surface area contributed by atoms with Crippen molar-refractivity contribution >= 4 is 0 Å². The zero-order valence-corrected chi connectivity index (χ0v) is 11.7. The van der Waals surface area contributed by atoms with E-state index in [4.69, 9.17) is 4.52 Å². The van der Waals surface area contributed by atoms with E-state index in [1.54, 1.807) is 18.6 Å². The first-order valence-electron chi connectivity index (χ1n) is 7.07. The Kier molecular flexibility index (Phi) is 4.01. The minimum atomic E-state index is 0.474. The minimum absolute atomic E-state index is 0.474. The summed E-state index contributed by atoms with van der Waals surface area (Å²) in [5, 5.41) is 4.08. The second kappa shape index (κ2) is 6.09. The van der Waals surface area contributed by atoms with Gasteiger partial charge in [0.05, 0.1) is 12.2 Å². The molecule has 1 aliphatic rings. The monoisotopic (exact) mass is 273 g/mol. The highest BCUT2D eigenvalue weighted by Gasteiger charge is 2.23. The molecule has 6 heteroatoms. The van der Waals surface area contributed by atoms with Crippen LogP contribution < -0.4 is 0 Å². The van der Waals surface area contributed by atoms with Crippen LogP contribution in [-0.2, 0) is 13.1 Å². The van der Waals surface area contributed by atoms with Gasteiger partial charge in [-0.25, -0.2) is 0 Å². The van der Waals surface area contributed by atoms with Crippen LogP contribution in [0.3, 0.4) is 0 Å². The predicted octanol–water partition coefficient (Wildman–Crippen LogP) is 2.15. The zero-order valence-electron chi connectivity index (χ0n) is 11.7. The van der Waals surface area contributed by atoms with Gasteiger partial charge in [0.1, 0.15) is 0 Å². The summed E-state index contributed by atoms with van der Waals surface area (Å²) in [5.74, 6) is 2.03. The van der Waals surface area contributed by atoms with Gasteiger partial charge < -0.3 is 4.52 Å². The number of aromatic nitrogens is 4. The van der Waals surface area contributed by atoms with Gasteiger partial charge in [-0.05, 0) is 19.9 Å². The number of hydrogen-bond acceptors (Lipinski definition) is 6. The molecule has 0 bridgehead atoms. The van der Waals surface area contributed by atoms with Crippen molar-refractivity contribution in [3.63, 3.8) is 0 Å². The summed E-state index contributed by atoms with van der Waals surface area (Å²) in [6.07, 6.45) is 10.1. The van der Waals surface area contributed by atoms with E-state index in [0.29, 0.717) is 12.5 Å². The Bertz CT molecular complexity index is 536. The molecule has 0 spiro atoms. The summed E-state index contributed by atoms with van der Waals surface area (Å²) < 4.78 is 5.38. The average molecular weight is 273 g/mol. The highest BCUT2D eigenvalue weighted by molar-refractivity contribution is 4.98. The zero-order chi connectivity index (χ0) is 13.8. The van der Waals surface area contributed by atoms with Gasteiger partial charge in [-0.3, -0.25) is 14.9 Å². The fourth-order valence-corrected chi connectivity index (χ4v) is 2.66. The van der Waals surface area contributed by atoms with Crippen LogP contribution in [0.4, 0.5) is 0 Å². The molecular weight excluding hydrogens is 254 g/mol. The van der Waals surface area contributed by atoms with Crippen molar-refractivity contribution in [3.05, 3.63) is 36.0 Å². The Morgan fingerprint density at radius 3 is 2.85 bits per heavy atom. The van der Waals surface area contributed by atoms with E-state index in [2.05, 4.69) is 25.0 Å². The summed E-state index contributed by atoms with van der Waals surface area (Å²) in [6, 6.07) is 0. The summed E-state index contributed by atoms with van der Waals surface area (Å²) in [4.78, 5) is 14.9. The molecule has 0 aromatic carbocycles. The lowest BCUT2D eigenvalue weighted by atomic mass is 10.1. The third kappa shape index (κ3) is 3.19. The van der Waals surface area contributed by atoms with Gasteiger partial charge in [0.2, 0.25) is 5.89 Å². The lowest BCUT2D eigenvalue weighted by Gasteiger charge is -2.12. The van der Waals surface area contributed by atoms with Crippen LogP contribution in [-0.4, -0.2) is 32.1 Å². The van der Waals surface area contributed by atoms with Crippen molar-refractivity contribution in [2.45, 2.75) is 44.7 Å². The standard InChI is InChI=1S/C14H19N5O/c1-19(9-12-8-15-6-7-16-12)10-13-17-14(20-18-13)11-4-2-3-5-11/h6-8,11H,2-5,9-10H2,1H3. The van der Waals surface area contributed by atoms with Gasteiger partial charge in [-0.1, -0.05) is 18.0 Å². The van der Waals surface area contributed by atoms with Gasteiger partial charge >= 0.3 is 0 Å². The molecule has 6 nitrogen and oxygen atoms in total. The van der Waals surface area contributed by atoms with Crippen molar-refractivity contribution in [3.8, 4) is 0 Å². The molecule has 0 amide bonds. The Labute approximate surface area is 118 Å². The van der Waals surface area contributed by atoms with Crippen LogP contribution in [0.1, 0.15) is 49.0 Å². The Morgan fingerprint density at radius 2 is 2.10 bits per heavy atom. The van der Waals surface area contributed by atoms with E-state index >= 15 is 0 Å². The molecule has 0 radical (unpaired) electrons. The van der Waals surface area contributed by atoms with Crippen molar-refractivity contribution in [1.82, 2.24) is 25.0 Å². The van der Waals surface area contributed by atoms with E-state index in [1.807, 2.05) is 7.05 Å². The van der Waals surface area contributed by atoms with Crippen molar-refractivity contribution in [2.75, 3.05) is 7.05 Å². The van der Waals surface area contributed by atoms with E-state index in [-0.39, 0.29) is 0 Å². The van der Waals surface area contributed by atoms with Crippen LogP contribution in [0.15, 0.2) is 23.1 Å². The van der Waals surface area contributed by atoms with Gasteiger partial charge in [0.15, 0.2) is 5.82 Å². The van der Waals surface area contributed by atoms with Crippen LogP contribution in [0.5, 0.6) is 0 Å². The first kappa shape index (κ1) is 13.2. The second-order valence-corrected chi connectivity index (χ2v) is 5.40. The number of rotatable bonds is 5. The highest BCUT2D eigenvalue weighted by atomic mass is 16.5. The maximum Gasteiger partial charge on any atom is 0.229 e. The van der Waals surface area contributed by atoms with Gasteiger partial charge in [-0.15, -0.1) is 0 Å². The molecular formula is C14H19N5O. The normalized spacial score (nSPS) is 16.1. The topological polar surface area (TPSA) is 67.9 Å². The fraction of sp³-hybridized carbons (Fsp3) is 0.571. The Morgan fingerprint density at radius 1 is 1.25 bits per heavy atom. The van der Waals surface area contributed by atoms with Crippen LogP contribution >= 0.6 is 0 Å². The first-order valence-corrected chi connectivity index (χ1v) is 7.07. The van der Waals surface area contributed by atoms with Gasteiger partial charge in [-0.2, -0.15) is 4.98 Å². The Hall–Kier alpha value is -1.82. The molecule has 2 aromatic rings. The van der Waals surface area contributed by atoms with Crippen LogP contribution in [0.25, 0.3) is 0 Å². The molecule has 0 N–H and O–H groups in total. The van der Waals surface area contributed by atoms with Crippen molar-refractivity contribution < 1.29 is 4.52 Å². The predicted molar refractivity (Wildman–Crippen MR) is 72.7 cm³/mol. The average Bonchev–Trinajstić information content (AvgIpc) is 3.10. The van der Waals surface area contributed by atoms with Gasteiger partial charge in [0, 0.05) is 31.1 Å². The molecule has 20 heavy (non-hydrogen) atoms. The maximum atomic E-state index is 5.38. The summed E-state index contributed by atoms with van der Waals surface area (Å²) in [5.41, 5.74) is 0.939. The smallest absolute Gasteiger partial charge is 0.229 e. The largest absolute Gasteiger partial charge is 0.339 e. The SMILES string of the molecule is CN(Cc1cnccn1)Cc1noc(C2CCCC2)n1.